The maximum Gasteiger partial charge on any atom is 0.253 e. The van der Waals surface area contributed by atoms with E-state index in [1.54, 1.807) is 12.5 Å². The van der Waals surface area contributed by atoms with E-state index in [0.29, 0.717) is 5.56 Å². The number of aromatic nitrogens is 3. The number of benzene rings is 1. The third-order valence-electron chi connectivity index (χ3n) is 5.81. The average molecular weight is 441 g/mol. The van der Waals surface area contributed by atoms with Gasteiger partial charge in [0, 0.05) is 56.1 Å². The number of carbonyl (C=O) groups is 1. The SMILES string of the molecule is CCc1ncnc(-c2ccc(C(=O)N3CCN(C)CC3)cc2)c1C#Cc1ccc(NC)nc1. The van der Waals surface area contributed by atoms with E-state index in [9.17, 15) is 4.79 Å². The zero-order chi connectivity index (χ0) is 23.2. The summed E-state index contributed by atoms with van der Waals surface area (Å²) in [5.41, 5.74) is 4.89. The van der Waals surface area contributed by atoms with Crippen LogP contribution in [-0.2, 0) is 6.42 Å². The number of rotatable bonds is 4. The van der Waals surface area contributed by atoms with E-state index in [1.807, 2.05) is 48.3 Å². The molecule has 1 fully saturated rings. The topological polar surface area (TPSA) is 74.2 Å². The molecule has 1 aliphatic heterocycles. The van der Waals surface area contributed by atoms with E-state index in [4.69, 9.17) is 0 Å². The third kappa shape index (κ3) is 5.18. The van der Waals surface area contributed by atoms with E-state index in [1.165, 1.54) is 0 Å². The van der Waals surface area contributed by atoms with Crippen molar-refractivity contribution in [2.24, 2.45) is 0 Å². The highest BCUT2D eigenvalue weighted by atomic mass is 16.2. The molecule has 0 atom stereocenters. The van der Waals surface area contributed by atoms with Crippen molar-refractivity contribution in [3.05, 3.63) is 71.3 Å². The van der Waals surface area contributed by atoms with E-state index in [-0.39, 0.29) is 5.91 Å². The summed E-state index contributed by atoms with van der Waals surface area (Å²) < 4.78 is 0. The van der Waals surface area contributed by atoms with E-state index in [0.717, 1.165) is 66.5 Å². The third-order valence-corrected chi connectivity index (χ3v) is 5.81. The van der Waals surface area contributed by atoms with Crippen LogP contribution >= 0.6 is 0 Å². The molecule has 1 amide bonds. The predicted octanol–water partition coefficient (Wildman–Crippen LogP) is 2.93. The predicted molar refractivity (Wildman–Crippen MR) is 130 cm³/mol. The molecule has 7 nitrogen and oxygen atoms in total. The Hall–Kier alpha value is -3.76. The van der Waals surface area contributed by atoms with Crippen LogP contribution in [-0.4, -0.2) is 70.9 Å². The maximum absolute atomic E-state index is 12.9. The molecule has 0 unspecified atom stereocenters. The second-order valence-corrected chi connectivity index (χ2v) is 8.00. The van der Waals surface area contributed by atoms with Gasteiger partial charge in [-0.2, -0.15) is 0 Å². The van der Waals surface area contributed by atoms with Crippen LogP contribution in [0, 0.1) is 11.8 Å². The van der Waals surface area contributed by atoms with Crippen LogP contribution in [0.25, 0.3) is 11.3 Å². The van der Waals surface area contributed by atoms with Crippen LogP contribution in [0.15, 0.2) is 48.9 Å². The molecular formula is C26H28N6O. The molecule has 0 spiro atoms. The number of hydrogen-bond acceptors (Lipinski definition) is 6. The van der Waals surface area contributed by atoms with Gasteiger partial charge in [-0.15, -0.1) is 0 Å². The number of piperazine rings is 1. The highest BCUT2D eigenvalue weighted by molar-refractivity contribution is 5.94. The number of likely N-dealkylation sites (N-methyl/N-ethyl adjacent to an activating group) is 1. The first-order chi connectivity index (χ1) is 16.1. The summed E-state index contributed by atoms with van der Waals surface area (Å²) in [5, 5.41) is 3.00. The van der Waals surface area contributed by atoms with Crippen LogP contribution in [0.2, 0.25) is 0 Å². The van der Waals surface area contributed by atoms with Crippen LogP contribution in [0.3, 0.4) is 0 Å². The molecular weight excluding hydrogens is 412 g/mol. The standard InChI is InChI=1S/C26H28N6O/c1-4-23-22(11-5-19-6-12-24(27-2)28-17-19)25(30-18-29-23)20-7-9-21(10-8-20)26(33)32-15-13-31(3)14-16-32/h6-10,12,17-18H,4,13-16H2,1-3H3,(H,27,28). The summed E-state index contributed by atoms with van der Waals surface area (Å²) in [6, 6.07) is 11.5. The Balaban J connectivity index is 1.61. The number of hydrogen-bond donors (Lipinski definition) is 1. The minimum Gasteiger partial charge on any atom is -0.373 e. The maximum atomic E-state index is 12.9. The van der Waals surface area contributed by atoms with Gasteiger partial charge in [-0.25, -0.2) is 15.0 Å². The smallest absolute Gasteiger partial charge is 0.253 e. The number of aryl methyl sites for hydroxylation is 1. The lowest BCUT2D eigenvalue weighted by molar-refractivity contribution is 0.0664. The Labute approximate surface area is 194 Å². The van der Waals surface area contributed by atoms with Gasteiger partial charge in [0.05, 0.1) is 17.0 Å². The summed E-state index contributed by atoms with van der Waals surface area (Å²) in [6.45, 7) is 5.37. The molecule has 7 heteroatoms. The Morgan fingerprint density at radius 3 is 2.39 bits per heavy atom. The summed E-state index contributed by atoms with van der Waals surface area (Å²) in [5.74, 6) is 7.32. The van der Waals surface area contributed by atoms with Crippen LogP contribution in [0.5, 0.6) is 0 Å². The molecule has 3 heterocycles. The lowest BCUT2D eigenvalue weighted by Gasteiger charge is -2.32. The molecule has 0 bridgehead atoms. The number of nitrogens with one attached hydrogen (secondary N) is 1. The van der Waals surface area contributed by atoms with Gasteiger partial charge in [0.2, 0.25) is 0 Å². The van der Waals surface area contributed by atoms with Gasteiger partial charge in [-0.1, -0.05) is 30.9 Å². The number of nitrogens with zero attached hydrogens (tertiary/aromatic N) is 5. The molecule has 3 aromatic rings. The Morgan fingerprint density at radius 1 is 1.00 bits per heavy atom. The number of carbonyl (C=O) groups excluding carboxylic acids is 1. The molecule has 1 aliphatic rings. The van der Waals surface area contributed by atoms with Crippen molar-refractivity contribution >= 4 is 11.7 Å². The molecule has 1 saturated heterocycles. The second-order valence-electron chi connectivity index (χ2n) is 8.00. The van der Waals surface area contributed by atoms with Crippen molar-refractivity contribution < 1.29 is 4.79 Å². The zero-order valence-corrected chi connectivity index (χ0v) is 19.3. The number of pyridine rings is 1. The van der Waals surface area contributed by atoms with E-state index in [2.05, 4.69) is 51.0 Å². The molecule has 33 heavy (non-hydrogen) atoms. The van der Waals surface area contributed by atoms with Crippen molar-refractivity contribution in [1.29, 1.82) is 0 Å². The van der Waals surface area contributed by atoms with Gasteiger partial charge in [-0.05, 0) is 37.7 Å². The second kappa shape index (κ2) is 10.2. The molecule has 168 valence electrons. The Bertz CT molecular complexity index is 1170. The highest BCUT2D eigenvalue weighted by Gasteiger charge is 2.20. The average Bonchev–Trinajstić information content (AvgIpc) is 2.87. The first-order valence-electron chi connectivity index (χ1n) is 11.2. The summed E-state index contributed by atoms with van der Waals surface area (Å²) in [6.07, 6.45) is 4.06. The fourth-order valence-corrected chi connectivity index (χ4v) is 3.75. The fourth-order valence-electron chi connectivity index (χ4n) is 3.75. The fraction of sp³-hybridized carbons (Fsp3) is 0.308. The lowest BCUT2D eigenvalue weighted by atomic mass is 10.0. The first-order valence-corrected chi connectivity index (χ1v) is 11.2. The summed E-state index contributed by atoms with van der Waals surface area (Å²) in [7, 11) is 3.91. The monoisotopic (exact) mass is 440 g/mol. The number of amides is 1. The molecule has 1 aromatic carbocycles. The molecule has 2 aromatic heterocycles. The molecule has 0 aliphatic carbocycles. The first kappa shape index (κ1) is 22.4. The van der Waals surface area contributed by atoms with Gasteiger partial charge in [0.1, 0.15) is 12.1 Å². The van der Waals surface area contributed by atoms with Crippen molar-refractivity contribution in [3.8, 4) is 23.1 Å². The minimum atomic E-state index is 0.0733. The Kier molecular flexibility index (Phi) is 6.96. The van der Waals surface area contributed by atoms with Crippen LogP contribution < -0.4 is 5.32 Å². The quantitative estimate of drug-likeness (QED) is 0.629. The number of anilines is 1. The normalized spacial score (nSPS) is 13.8. The summed E-state index contributed by atoms with van der Waals surface area (Å²) in [4.78, 5) is 30.3. The minimum absolute atomic E-state index is 0.0733. The molecule has 0 saturated carbocycles. The van der Waals surface area contributed by atoms with Gasteiger partial charge in [-0.3, -0.25) is 4.79 Å². The van der Waals surface area contributed by atoms with E-state index >= 15 is 0 Å². The van der Waals surface area contributed by atoms with E-state index < -0.39 is 0 Å². The van der Waals surface area contributed by atoms with Gasteiger partial charge in [0.15, 0.2) is 0 Å². The van der Waals surface area contributed by atoms with Crippen molar-refractivity contribution in [3.63, 3.8) is 0 Å². The summed E-state index contributed by atoms with van der Waals surface area (Å²) >= 11 is 0. The lowest BCUT2D eigenvalue weighted by Crippen LogP contribution is -2.47. The molecule has 0 radical (unpaired) electrons. The largest absolute Gasteiger partial charge is 0.373 e. The van der Waals surface area contributed by atoms with Crippen molar-refractivity contribution in [2.75, 3.05) is 45.6 Å². The molecule has 4 rings (SSSR count). The van der Waals surface area contributed by atoms with Crippen LogP contribution in [0.1, 0.15) is 34.1 Å². The van der Waals surface area contributed by atoms with Crippen molar-refractivity contribution in [2.45, 2.75) is 13.3 Å². The molecule has 1 N–H and O–H groups in total. The van der Waals surface area contributed by atoms with Crippen molar-refractivity contribution in [1.82, 2.24) is 24.8 Å². The van der Waals surface area contributed by atoms with Gasteiger partial charge < -0.3 is 15.1 Å². The van der Waals surface area contributed by atoms with Crippen LogP contribution in [0.4, 0.5) is 5.82 Å². The van der Waals surface area contributed by atoms with Gasteiger partial charge in [0.25, 0.3) is 5.91 Å². The zero-order valence-electron chi connectivity index (χ0n) is 19.3. The highest BCUT2D eigenvalue weighted by Crippen LogP contribution is 2.24. The van der Waals surface area contributed by atoms with Gasteiger partial charge >= 0.3 is 0 Å². The Morgan fingerprint density at radius 2 is 1.76 bits per heavy atom.